The van der Waals surface area contributed by atoms with Crippen LogP contribution >= 0.6 is 11.3 Å². The van der Waals surface area contributed by atoms with Crippen LogP contribution in [0.5, 0.6) is 0 Å². The zero-order valence-electron chi connectivity index (χ0n) is 32.8. The summed E-state index contributed by atoms with van der Waals surface area (Å²) in [6, 6.07) is 69.0. The van der Waals surface area contributed by atoms with Crippen molar-refractivity contribution in [2.75, 3.05) is 0 Å². The summed E-state index contributed by atoms with van der Waals surface area (Å²) in [5, 5.41) is 8.63. The van der Waals surface area contributed by atoms with Crippen molar-refractivity contribution in [2.45, 2.75) is 0 Å². The standard InChI is InChI=1S/C56H34N4S/c1-2-18-42-40(13-1)32-46(44-20-4-3-19-43(42)44)55-56-54(45-21-5-6-24-53(45)61-56)47-31-39(25-26-48(47)60-55)37-16-11-14-35(29-37)36-15-12-17-38(30-36)41-33-51(49-22-7-9-27-57-49)59-52(34-41)50-23-8-10-28-58-50/h1-34H. The van der Waals surface area contributed by atoms with Crippen LogP contribution in [-0.4, -0.2) is 19.9 Å². The molecule has 5 aromatic heterocycles. The van der Waals surface area contributed by atoms with Gasteiger partial charge in [0.15, 0.2) is 0 Å². The van der Waals surface area contributed by atoms with Gasteiger partial charge in [0, 0.05) is 38.8 Å². The smallest absolute Gasteiger partial charge is 0.0900 e. The third kappa shape index (κ3) is 6.14. The molecule has 0 unspecified atom stereocenters. The summed E-state index contributed by atoms with van der Waals surface area (Å²) in [5.41, 5.74) is 13.2. The van der Waals surface area contributed by atoms with Crippen LogP contribution in [0.1, 0.15) is 0 Å². The van der Waals surface area contributed by atoms with E-state index in [1.807, 2.05) is 47.7 Å². The molecule has 284 valence electrons. The van der Waals surface area contributed by atoms with Crippen molar-refractivity contribution >= 4 is 64.0 Å². The molecule has 0 N–H and O–H groups in total. The monoisotopic (exact) mass is 794 g/mol. The molecule has 61 heavy (non-hydrogen) atoms. The molecule has 0 amide bonds. The molecule has 0 atom stereocenters. The van der Waals surface area contributed by atoms with Gasteiger partial charge in [0.05, 0.1) is 38.7 Å². The van der Waals surface area contributed by atoms with Gasteiger partial charge in [-0.25, -0.2) is 9.97 Å². The second kappa shape index (κ2) is 14.5. The van der Waals surface area contributed by atoms with Crippen LogP contribution in [0.15, 0.2) is 207 Å². The van der Waals surface area contributed by atoms with Gasteiger partial charge in [-0.15, -0.1) is 11.3 Å². The maximum Gasteiger partial charge on any atom is 0.0900 e. The van der Waals surface area contributed by atoms with E-state index in [-0.39, 0.29) is 0 Å². The second-order valence-electron chi connectivity index (χ2n) is 15.4. The molecule has 5 heteroatoms. The number of aromatic nitrogens is 4. The van der Waals surface area contributed by atoms with Gasteiger partial charge in [-0.1, -0.05) is 121 Å². The maximum atomic E-state index is 5.51. The third-order valence-electron chi connectivity index (χ3n) is 11.7. The Hall–Kier alpha value is -7.86. The van der Waals surface area contributed by atoms with Crippen LogP contribution in [0.2, 0.25) is 0 Å². The number of thiophene rings is 1. The Balaban J connectivity index is 0.979. The Bertz CT molecular complexity index is 3590. The molecule has 0 saturated carbocycles. The number of fused-ring (bicyclic) bond motifs is 8. The Labute approximate surface area is 356 Å². The first-order chi connectivity index (χ1) is 30.2. The maximum absolute atomic E-state index is 5.51. The summed E-state index contributed by atoms with van der Waals surface area (Å²) < 4.78 is 2.48. The molecule has 0 bridgehead atoms. The third-order valence-corrected chi connectivity index (χ3v) is 12.9. The lowest BCUT2D eigenvalue weighted by atomic mass is 9.93. The molecule has 0 radical (unpaired) electrons. The van der Waals surface area contributed by atoms with E-state index in [1.54, 1.807) is 12.4 Å². The lowest BCUT2D eigenvalue weighted by Gasteiger charge is -2.14. The van der Waals surface area contributed by atoms with Crippen molar-refractivity contribution in [3.05, 3.63) is 207 Å². The molecule has 0 aliphatic rings. The van der Waals surface area contributed by atoms with Gasteiger partial charge in [0.2, 0.25) is 0 Å². The molecule has 12 rings (SSSR count). The van der Waals surface area contributed by atoms with Gasteiger partial charge in [0.1, 0.15) is 0 Å². The largest absolute Gasteiger partial charge is 0.255 e. The summed E-state index contributed by atoms with van der Waals surface area (Å²) in [6.07, 6.45) is 3.61. The van der Waals surface area contributed by atoms with E-state index in [9.17, 15) is 0 Å². The number of nitrogens with zero attached hydrogens (tertiary/aromatic N) is 4. The van der Waals surface area contributed by atoms with Gasteiger partial charge in [-0.05, 0) is 128 Å². The molecule has 0 spiro atoms. The van der Waals surface area contributed by atoms with Crippen molar-refractivity contribution in [1.29, 1.82) is 0 Å². The first kappa shape index (κ1) is 35.1. The van der Waals surface area contributed by atoms with E-state index in [4.69, 9.17) is 9.97 Å². The lowest BCUT2D eigenvalue weighted by molar-refractivity contribution is 1.22. The Morgan fingerprint density at radius 3 is 1.59 bits per heavy atom. The summed E-state index contributed by atoms with van der Waals surface area (Å²) in [7, 11) is 0. The molecular formula is C56H34N4S. The fourth-order valence-electron chi connectivity index (χ4n) is 8.84. The predicted molar refractivity (Wildman–Crippen MR) is 256 cm³/mol. The van der Waals surface area contributed by atoms with Crippen LogP contribution in [0.4, 0.5) is 0 Å². The lowest BCUT2D eigenvalue weighted by Crippen LogP contribution is -1.94. The fraction of sp³-hybridized carbons (Fsp3) is 0. The van der Waals surface area contributed by atoms with Gasteiger partial charge in [0.25, 0.3) is 0 Å². The first-order valence-corrected chi connectivity index (χ1v) is 21.3. The summed E-state index contributed by atoms with van der Waals surface area (Å²) >= 11 is 1.84. The first-order valence-electron chi connectivity index (χ1n) is 20.4. The van der Waals surface area contributed by atoms with Crippen LogP contribution in [0.3, 0.4) is 0 Å². The van der Waals surface area contributed by atoms with E-state index in [1.165, 1.54) is 47.3 Å². The summed E-state index contributed by atoms with van der Waals surface area (Å²) in [6.45, 7) is 0. The SMILES string of the molecule is c1ccc(-c2cc(-c3cccc(-c4cccc(-c5ccc6nc(-c7cc8ccccc8c8ccccc78)c7sc8ccccc8c7c6c5)c4)c3)cc(-c3ccccn3)n2)nc1. The fourth-order valence-corrected chi connectivity index (χ4v) is 10.1. The van der Waals surface area contributed by atoms with Gasteiger partial charge in [-0.3, -0.25) is 9.97 Å². The van der Waals surface area contributed by atoms with Gasteiger partial charge in [-0.2, -0.15) is 0 Å². The molecular weight excluding hydrogens is 761 g/mol. The molecule has 0 fully saturated rings. The number of hydrogen-bond donors (Lipinski definition) is 0. The minimum Gasteiger partial charge on any atom is -0.255 e. The topological polar surface area (TPSA) is 51.6 Å². The van der Waals surface area contributed by atoms with Crippen LogP contribution in [0.25, 0.3) is 120 Å². The van der Waals surface area contributed by atoms with Gasteiger partial charge < -0.3 is 0 Å². The highest BCUT2D eigenvalue weighted by molar-refractivity contribution is 7.26. The zero-order valence-corrected chi connectivity index (χ0v) is 33.6. The summed E-state index contributed by atoms with van der Waals surface area (Å²) in [4.78, 5) is 19.8. The average Bonchev–Trinajstić information content (AvgIpc) is 3.74. The minimum atomic E-state index is 0.808. The Morgan fingerprint density at radius 1 is 0.344 bits per heavy atom. The predicted octanol–water partition coefficient (Wildman–Crippen LogP) is 15.1. The van der Waals surface area contributed by atoms with E-state index in [2.05, 4.69) is 168 Å². The zero-order chi connectivity index (χ0) is 40.3. The highest BCUT2D eigenvalue weighted by Crippen LogP contribution is 2.46. The van der Waals surface area contributed by atoms with Crippen molar-refractivity contribution in [3.63, 3.8) is 0 Å². The Kier molecular flexibility index (Phi) is 8.32. The Morgan fingerprint density at radius 2 is 0.918 bits per heavy atom. The highest BCUT2D eigenvalue weighted by atomic mass is 32.1. The number of rotatable bonds is 6. The number of hydrogen-bond acceptors (Lipinski definition) is 5. The van der Waals surface area contributed by atoms with Crippen LogP contribution in [-0.2, 0) is 0 Å². The molecule has 12 aromatic rings. The average molecular weight is 795 g/mol. The molecule has 4 nitrogen and oxygen atoms in total. The van der Waals surface area contributed by atoms with Crippen LogP contribution < -0.4 is 0 Å². The molecule has 5 heterocycles. The number of pyridine rings is 4. The van der Waals surface area contributed by atoms with Crippen molar-refractivity contribution < 1.29 is 0 Å². The van der Waals surface area contributed by atoms with Crippen molar-refractivity contribution in [2.24, 2.45) is 0 Å². The van der Waals surface area contributed by atoms with Crippen molar-refractivity contribution in [3.8, 4) is 67.4 Å². The molecule has 0 saturated heterocycles. The minimum absolute atomic E-state index is 0.808. The van der Waals surface area contributed by atoms with Crippen molar-refractivity contribution in [1.82, 2.24) is 19.9 Å². The normalized spacial score (nSPS) is 11.6. The molecule has 7 aromatic carbocycles. The quantitative estimate of drug-likeness (QED) is 0.157. The summed E-state index contributed by atoms with van der Waals surface area (Å²) in [5.74, 6) is 0. The van der Waals surface area contributed by atoms with Crippen LogP contribution in [0, 0.1) is 0 Å². The van der Waals surface area contributed by atoms with Gasteiger partial charge >= 0.3 is 0 Å². The van der Waals surface area contributed by atoms with E-state index in [0.29, 0.717) is 0 Å². The highest BCUT2D eigenvalue weighted by Gasteiger charge is 2.19. The van der Waals surface area contributed by atoms with E-state index >= 15 is 0 Å². The van der Waals surface area contributed by atoms with E-state index in [0.717, 1.165) is 72.8 Å². The number of benzene rings is 7. The second-order valence-corrected chi connectivity index (χ2v) is 16.5. The van der Waals surface area contributed by atoms with E-state index < -0.39 is 0 Å². The molecule has 0 aliphatic heterocycles. The molecule has 0 aliphatic carbocycles.